The molecule has 0 aliphatic carbocycles. The second-order valence-electron chi connectivity index (χ2n) is 8.08. The van der Waals surface area contributed by atoms with Crippen LogP contribution in [0, 0.1) is 0 Å². The minimum atomic E-state index is -2.02. The van der Waals surface area contributed by atoms with Crippen molar-refractivity contribution in [3.05, 3.63) is 11.8 Å². The number of hydrogen-bond donors (Lipinski definition) is 0. The molecule has 0 heterocycles. The molecule has 0 amide bonds. The van der Waals surface area contributed by atoms with Crippen LogP contribution in [0.2, 0.25) is 58.9 Å². The quantitative estimate of drug-likeness (QED) is 0.391. The highest BCUT2D eigenvalue weighted by Gasteiger charge is 2.28. The van der Waals surface area contributed by atoms with Gasteiger partial charge in [0.25, 0.3) is 5.97 Å². The smallest absolute Gasteiger partial charge is 0.358 e. The molecule has 0 radical (unpaired) electrons. The second-order valence-corrected chi connectivity index (χ2v) is 21.4. The van der Waals surface area contributed by atoms with E-state index in [-0.39, 0.29) is 18.1 Å². The summed E-state index contributed by atoms with van der Waals surface area (Å²) in [7, 11) is -5.92. The molecule has 0 aromatic heterocycles. The molecule has 0 aromatic rings. The Morgan fingerprint density at radius 2 is 1.14 bits per heavy atom. The van der Waals surface area contributed by atoms with E-state index in [1.807, 2.05) is 58.9 Å². The molecule has 0 aliphatic rings. The Morgan fingerprint density at radius 1 is 0.727 bits per heavy atom. The molecule has 0 saturated carbocycles. The van der Waals surface area contributed by atoms with Crippen molar-refractivity contribution in [3.8, 4) is 0 Å². The summed E-state index contributed by atoms with van der Waals surface area (Å²) in [5.74, 6) is -0.687. The molecule has 0 bridgehead atoms. The molecular weight excluding hydrogens is 332 g/mol. The topological polar surface area (TPSA) is 61.8 Å². The Bertz CT molecular complexity index is 439. The first kappa shape index (κ1) is 21.1. The van der Waals surface area contributed by atoms with E-state index >= 15 is 0 Å². The van der Waals surface area contributed by atoms with Crippen molar-refractivity contribution < 1.29 is 22.9 Å². The van der Waals surface area contributed by atoms with Gasteiger partial charge in [0, 0.05) is 0 Å². The molecule has 0 unspecified atom stereocenters. The summed E-state index contributed by atoms with van der Waals surface area (Å²) in [5, 5.41) is 0. The summed E-state index contributed by atoms with van der Waals surface area (Å²) in [6.45, 7) is 17.5. The van der Waals surface area contributed by atoms with E-state index in [1.165, 1.54) is 6.08 Å². The van der Waals surface area contributed by atoms with Gasteiger partial charge in [-0.1, -0.05) is 0 Å². The molecule has 0 atom stereocenters. The molecule has 0 spiro atoms. The highest BCUT2D eigenvalue weighted by molar-refractivity contribution is 6.72. The first-order valence-electron chi connectivity index (χ1n) is 7.43. The highest BCUT2D eigenvalue weighted by atomic mass is 28.4. The lowest BCUT2D eigenvalue weighted by atomic mass is 10.3. The maximum atomic E-state index is 12.2. The summed E-state index contributed by atoms with van der Waals surface area (Å²) in [6, 6.07) is 0. The van der Waals surface area contributed by atoms with Gasteiger partial charge < -0.3 is 13.3 Å². The normalized spacial score (nSPS) is 13.6. The molecular formula is C14H30O5Si3. The summed E-state index contributed by atoms with van der Waals surface area (Å²) in [6.07, 6.45) is 1.51. The average Bonchev–Trinajstić information content (AvgIpc) is 2.17. The van der Waals surface area contributed by atoms with E-state index in [1.54, 1.807) is 0 Å². The van der Waals surface area contributed by atoms with Crippen molar-refractivity contribution in [2.24, 2.45) is 0 Å². The molecule has 0 aliphatic heterocycles. The largest absolute Gasteiger partial charge is 0.540 e. The molecule has 8 heteroatoms. The standard InChI is InChI=1S/C14H30O5Si3/c1-20(2,3)17-12(14(16)19-22(7,8)9)10-11-13(15)18-21(4,5)6/h10H,11H2,1-9H3/b12-10-. The van der Waals surface area contributed by atoms with Crippen LogP contribution in [0.25, 0.3) is 0 Å². The first-order chi connectivity index (χ1) is 9.59. The zero-order valence-corrected chi connectivity index (χ0v) is 18.3. The minimum Gasteiger partial charge on any atom is -0.540 e. The predicted molar refractivity (Wildman–Crippen MR) is 96.0 cm³/mol. The molecule has 0 aromatic carbocycles. The van der Waals surface area contributed by atoms with Crippen LogP contribution in [0.4, 0.5) is 0 Å². The molecule has 0 saturated heterocycles. The van der Waals surface area contributed by atoms with Gasteiger partial charge >= 0.3 is 5.97 Å². The van der Waals surface area contributed by atoms with E-state index < -0.39 is 30.9 Å². The molecule has 5 nitrogen and oxygen atoms in total. The molecule has 0 N–H and O–H groups in total. The fourth-order valence-electron chi connectivity index (χ4n) is 1.38. The lowest BCUT2D eigenvalue weighted by Gasteiger charge is -2.24. The monoisotopic (exact) mass is 362 g/mol. The molecule has 128 valence electrons. The van der Waals surface area contributed by atoms with Gasteiger partial charge in [-0.25, -0.2) is 4.79 Å². The second kappa shape index (κ2) is 7.60. The fraction of sp³-hybridized carbons (Fsp3) is 0.714. The van der Waals surface area contributed by atoms with Crippen molar-refractivity contribution in [1.82, 2.24) is 0 Å². The maximum Gasteiger partial charge on any atom is 0.358 e. The Balaban J connectivity index is 5.04. The van der Waals surface area contributed by atoms with Crippen molar-refractivity contribution in [3.63, 3.8) is 0 Å². The molecule has 22 heavy (non-hydrogen) atoms. The summed E-state index contributed by atoms with van der Waals surface area (Å²) >= 11 is 0. The Kier molecular flexibility index (Phi) is 7.30. The van der Waals surface area contributed by atoms with E-state index in [0.717, 1.165) is 0 Å². The highest BCUT2D eigenvalue weighted by Crippen LogP contribution is 2.16. The summed E-state index contributed by atoms with van der Waals surface area (Å²) in [5.41, 5.74) is 0. The lowest BCUT2D eigenvalue weighted by molar-refractivity contribution is -0.134. The van der Waals surface area contributed by atoms with Crippen LogP contribution >= 0.6 is 0 Å². The van der Waals surface area contributed by atoms with Crippen LogP contribution in [0.5, 0.6) is 0 Å². The third-order valence-corrected chi connectivity index (χ3v) is 4.36. The van der Waals surface area contributed by atoms with Gasteiger partial charge in [0.15, 0.2) is 5.76 Å². The van der Waals surface area contributed by atoms with Gasteiger partial charge in [-0.3, -0.25) is 4.79 Å². The van der Waals surface area contributed by atoms with Gasteiger partial charge in [0.2, 0.25) is 25.0 Å². The Labute approximate surface area is 137 Å². The van der Waals surface area contributed by atoms with Gasteiger partial charge in [-0.2, -0.15) is 0 Å². The van der Waals surface area contributed by atoms with Crippen molar-refractivity contribution in [2.75, 3.05) is 0 Å². The lowest BCUT2D eigenvalue weighted by Crippen LogP contribution is -2.34. The predicted octanol–water partition coefficient (Wildman–Crippen LogP) is 3.87. The zero-order chi connectivity index (χ0) is 17.8. The maximum absolute atomic E-state index is 12.2. The third-order valence-electron chi connectivity index (χ3n) is 1.89. The van der Waals surface area contributed by atoms with E-state index in [9.17, 15) is 9.59 Å². The van der Waals surface area contributed by atoms with E-state index in [0.29, 0.717) is 0 Å². The van der Waals surface area contributed by atoms with Crippen molar-refractivity contribution in [2.45, 2.75) is 65.3 Å². The van der Waals surface area contributed by atoms with Gasteiger partial charge in [0.1, 0.15) is 0 Å². The van der Waals surface area contributed by atoms with E-state index in [4.69, 9.17) is 13.3 Å². The van der Waals surface area contributed by atoms with Crippen LogP contribution in [0.15, 0.2) is 11.8 Å². The average molecular weight is 363 g/mol. The fourth-order valence-corrected chi connectivity index (χ4v) is 3.63. The van der Waals surface area contributed by atoms with E-state index in [2.05, 4.69) is 0 Å². The van der Waals surface area contributed by atoms with Gasteiger partial charge in [-0.15, -0.1) is 0 Å². The van der Waals surface area contributed by atoms with Crippen molar-refractivity contribution >= 4 is 36.9 Å². The van der Waals surface area contributed by atoms with Crippen LogP contribution in [0.1, 0.15) is 6.42 Å². The minimum absolute atomic E-state index is 0.0187. The van der Waals surface area contributed by atoms with Crippen LogP contribution in [-0.2, 0) is 22.9 Å². The SMILES string of the molecule is C[Si](C)(C)OC(=O)C/C=C(\O[Si](C)(C)C)C(=O)O[Si](C)(C)C. The Morgan fingerprint density at radius 3 is 1.50 bits per heavy atom. The van der Waals surface area contributed by atoms with Crippen LogP contribution < -0.4 is 0 Å². The number of carbonyl (C=O) groups excluding carboxylic acids is 2. The van der Waals surface area contributed by atoms with Crippen LogP contribution in [-0.4, -0.2) is 36.9 Å². The first-order valence-corrected chi connectivity index (χ1v) is 17.7. The van der Waals surface area contributed by atoms with Gasteiger partial charge in [0.05, 0.1) is 6.42 Å². The third kappa shape index (κ3) is 11.8. The number of rotatable bonds is 7. The van der Waals surface area contributed by atoms with Gasteiger partial charge in [-0.05, 0) is 65.0 Å². The molecule has 0 rings (SSSR count). The summed E-state index contributed by atoms with van der Waals surface area (Å²) in [4.78, 5) is 24.0. The van der Waals surface area contributed by atoms with Crippen LogP contribution in [0.3, 0.4) is 0 Å². The molecule has 0 fully saturated rings. The Hall–Kier alpha value is -0.869. The number of carbonyl (C=O) groups is 2. The zero-order valence-electron chi connectivity index (χ0n) is 15.3. The van der Waals surface area contributed by atoms with Crippen molar-refractivity contribution in [1.29, 1.82) is 0 Å². The number of hydrogen-bond acceptors (Lipinski definition) is 5. The summed E-state index contributed by atoms with van der Waals surface area (Å²) < 4.78 is 16.6.